The van der Waals surface area contributed by atoms with Gasteiger partial charge in [-0.2, -0.15) is 13.9 Å². The van der Waals surface area contributed by atoms with Crippen molar-refractivity contribution < 1.29 is 23.4 Å². The van der Waals surface area contributed by atoms with Crippen LogP contribution in [0.15, 0.2) is 12.3 Å². The van der Waals surface area contributed by atoms with Gasteiger partial charge >= 0.3 is 6.61 Å². The molecule has 3 N–H and O–H groups in total. The van der Waals surface area contributed by atoms with E-state index in [1.54, 1.807) is 6.92 Å². The molecule has 2 aromatic heterocycles. The minimum absolute atomic E-state index is 0.000208. The van der Waals surface area contributed by atoms with Crippen LogP contribution in [0.3, 0.4) is 0 Å². The number of pyridine rings is 1. The molecule has 0 bridgehead atoms. The van der Waals surface area contributed by atoms with Crippen molar-refractivity contribution in [1.82, 2.24) is 20.1 Å². The van der Waals surface area contributed by atoms with Crippen LogP contribution in [0.1, 0.15) is 76.7 Å². The number of hydrogen-bond acceptors (Lipinski definition) is 6. The fraction of sp³-hybridized carbons (Fsp3) is 0.640. The first-order valence-corrected chi connectivity index (χ1v) is 13.0. The van der Waals surface area contributed by atoms with Crippen molar-refractivity contribution in [2.24, 2.45) is 5.92 Å². The number of carbonyl (C=O) groups excluding carboxylic acids is 1. The number of hydrogen-bond donors (Lipinski definition) is 3. The lowest BCUT2D eigenvalue weighted by Crippen LogP contribution is -2.45. The van der Waals surface area contributed by atoms with Gasteiger partial charge in [0.15, 0.2) is 5.69 Å². The lowest BCUT2D eigenvalue weighted by Gasteiger charge is -2.34. The van der Waals surface area contributed by atoms with Crippen molar-refractivity contribution >= 4 is 23.3 Å². The third-order valence-corrected chi connectivity index (χ3v) is 7.23. The number of nitrogens with one attached hydrogen (secondary N) is 2. The third-order valence-electron chi connectivity index (χ3n) is 6.87. The minimum atomic E-state index is -3.06. The average Bonchev–Trinajstić information content (AvgIpc) is 3.19. The van der Waals surface area contributed by atoms with Crippen LogP contribution >= 0.6 is 11.6 Å². The minimum Gasteiger partial charge on any atom is -0.434 e. The van der Waals surface area contributed by atoms with Gasteiger partial charge < -0.3 is 20.5 Å². The topological polar surface area (TPSA) is 101 Å². The number of amides is 1. The molecule has 0 aliphatic heterocycles. The number of carbonyl (C=O) groups is 1. The van der Waals surface area contributed by atoms with E-state index < -0.39 is 18.1 Å². The van der Waals surface area contributed by atoms with Gasteiger partial charge in [-0.15, -0.1) is 0 Å². The molecule has 0 aromatic carbocycles. The van der Waals surface area contributed by atoms with Crippen LogP contribution in [-0.2, 0) is 6.54 Å². The lowest BCUT2D eigenvalue weighted by molar-refractivity contribution is -0.0494. The fourth-order valence-electron chi connectivity index (χ4n) is 4.47. The Kier molecular flexibility index (Phi) is 9.52. The quantitative estimate of drug-likeness (QED) is 0.357. The van der Waals surface area contributed by atoms with Gasteiger partial charge in [0.2, 0.25) is 0 Å². The molecule has 1 fully saturated rings. The summed E-state index contributed by atoms with van der Waals surface area (Å²) in [6.07, 6.45) is 6.07. The highest BCUT2D eigenvalue weighted by Crippen LogP contribution is 2.38. The van der Waals surface area contributed by atoms with Crippen LogP contribution < -0.4 is 15.4 Å². The molecule has 0 unspecified atom stereocenters. The smallest absolute Gasteiger partial charge is 0.387 e. The van der Waals surface area contributed by atoms with Gasteiger partial charge in [-0.3, -0.25) is 9.48 Å². The number of aryl methyl sites for hydroxylation is 1. The standard InChI is InChI=1S/C25H36ClF2N5O3/c1-5-16(6-2)31-19-12-18(36-24(27)28)17(13-29-19)22-20(26)21(32-33(22)7-3)23(34)30-14-25(35)10-8-15(4)9-11-25/h12-13,15-16,24,35H,5-11,14H2,1-4H3,(H,29,31)(H,30,34). The Balaban J connectivity index is 1.90. The molecule has 0 radical (unpaired) electrons. The SMILES string of the molecule is CCC(CC)Nc1cc(OC(F)F)c(-c2c(Cl)c(C(=O)NCC3(O)CCC(C)CC3)nn2CC)cn1. The molecular formula is C25H36ClF2N5O3. The van der Waals surface area contributed by atoms with Crippen molar-refractivity contribution in [1.29, 1.82) is 0 Å². The molecule has 3 rings (SSSR count). The molecule has 0 saturated heterocycles. The molecule has 1 aliphatic carbocycles. The summed E-state index contributed by atoms with van der Waals surface area (Å²) in [5, 5.41) is 21.1. The molecule has 1 aliphatic rings. The van der Waals surface area contributed by atoms with Gasteiger partial charge in [0.1, 0.15) is 11.6 Å². The highest BCUT2D eigenvalue weighted by atomic mass is 35.5. The first-order valence-electron chi connectivity index (χ1n) is 12.6. The number of ether oxygens (including phenoxy) is 1. The second-order valence-corrected chi connectivity index (χ2v) is 9.90. The van der Waals surface area contributed by atoms with Crippen LogP contribution in [0.5, 0.6) is 5.75 Å². The zero-order valence-electron chi connectivity index (χ0n) is 21.3. The zero-order valence-corrected chi connectivity index (χ0v) is 22.0. The first-order chi connectivity index (χ1) is 17.1. The Morgan fingerprint density at radius 1 is 1.31 bits per heavy atom. The van der Waals surface area contributed by atoms with E-state index >= 15 is 0 Å². The summed E-state index contributed by atoms with van der Waals surface area (Å²) >= 11 is 6.60. The van der Waals surface area contributed by atoms with Gasteiger partial charge in [0.25, 0.3) is 5.91 Å². The van der Waals surface area contributed by atoms with E-state index in [-0.39, 0.29) is 40.3 Å². The predicted molar refractivity (Wildman–Crippen MR) is 136 cm³/mol. The third kappa shape index (κ3) is 6.64. The summed E-state index contributed by atoms with van der Waals surface area (Å²) in [6.45, 7) is 5.33. The second kappa shape index (κ2) is 12.2. The van der Waals surface area contributed by atoms with Crippen molar-refractivity contribution in [2.45, 2.75) is 91.0 Å². The van der Waals surface area contributed by atoms with Crippen molar-refractivity contribution in [3.8, 4) is 17.0 Å². The monoisotopic (exact) mass is 527 g/mol. The summed E-state index contributed by atoms with van der Waals surface area (Å²) in [4.78, 5) is 17.3. The van der Waals surface area contributed by atoms with E-state index in [2.05, 4.69) is 27.6 Å². The van der Waals surface area contributed by atoms with Crippen LogP contribution in [0, 0.1) is 5.92 Å². The Morgan fingerprint density at radius 2 is 1.97 bits per heavy atom. The summed E-state index contributed by atoms with van der Waals surface area (Å²) in [7, 11) is 0. The molecule has 36 heavy (non-hydrogen) atoms. The van der Waals surface area contributed by atoms with Crippen LogP contribution in [0.4, 0.5) is 14.6 Å². The van der Waals surface area contributed by atoms with Crippen LogP contribution in [0.2, 0.25) is 5.02 Å². The molecule has 1 amide bonds. The molecular weight excluding hydrogens is 492 g/mol. The molecule has 2 aromatic rings. The summed E-state index contributed by atoms with van der Waals surface area (Å²) in [6, 6.07) is 1.53. The Bertz CT molecular complexity index is 1040. The van der Waals surface area contributed by atoms with E-state index in [4.69, 9.17) is 16.3 Å². The van der Waals surface area contributed by atoms with E-state index in [1.807, 2.05) is 13.8 Å². The molecule has 1 saturated carbocycles. The van der Waals surface area contributed by atoms with Gasteiger partial charge in [-0.1, -0.05) is 32.4 Å². The zero-order chi connectivity index (χ0) is 26.5. The van der Waals surface area contributed by atoms with E-state index in [0.717, 1.165) is 25.7 Å². The highest BCUT2D eigenvalue weighted by molar-refractivity contribution is 6.36. The fourth-order valence-corrected chi connectivity index (χ4v) is 4.79. The normalized spacial score (nSPS) is 20.1. The molecule has 0 atom stereocenters. The average molecular weight is 528 g/mol. The maximum atomic E-state index is 13.3. The predicted octanol–water partition coefficient (Wildman–Crippen LogP) is 5.49. The van der Waals surface area contributed by atoms with Crippen LogP contribution in [-0.4, -0.2) is 50.6 Å². The largest absolute Gasteiger partial charge is 0.434 e. The van der Waals surface area contributed by atoms with Crippen molar-refractivity contribution in [3.05, 3.63) is 23.0 Å². The van der Waals surface area contributed by atoms with Gasteiger partial charge in [0, 0.05) is 31.4 Å². The maximum Gasteiger partial charge on any atom is 0.387 e. The second-order valence-electron chi connectivity index (χ2n) is 9.52. The number of aliphatic hydroxyl groups is 1. The molecule has 8 nitrogen and oxygen atoms in total. The summed E-state index contributed by atoms with van der Waals surface area (Å²) < 4.78 is 32.9. The van der Waals surface area contributed by atoms with Crippen molar-refractivity contribution in [2.75, 3.05) is 11.9 Å². The Morgan fingerprint density at radius 3 is 2.56 bits per heavy atom. The lowest BCUT2D eigenvalue weighted by atomic mass is 9.79. The Hall–Kier alpha value is -2.46. The maximum absolute atomic E-state index is 13.3. The molecule has 2 heterocycles. The highest BCUT2D eigenvalue weighted by Gasteiger charge is 2.33. The number of anilines is 1. The first kappa shape index (κ1) is 28.1. The van der Waals surface area contributed by atoms with Gasteiger partial charge in [-0.25, -0.2) is 4.98 Å². The summed E-state index contributed by atoms with van der Waals surface area (Å²) in [5.74, 6) is 0.280. The molecule has 200 valence electrons. The van der Waals surface area contributed by atoms with Crippen LogP contribution in [0.25, 0.3) is 11.3 Å². The molecule has 0 spiro atoms. The van der Waals surface area contributed by atoms with Gasteiger partial charge in [0.05, 0.1) is 21.9 Å². The number of aromatic nitrogens is 3. The van der Waals surface area contributed by atoms with Gasteiger partial charge in [-0.05, 0) is 51.4 Å². The summed E-state index contributed by atoms with van der Waals surface area (Å²) in [5.41, 5.74) is -0.566. The van der Waals surface area contributed by atoms with E-state index in [9.17, 15) is 18.7 Å². The molecule has 11 heteroatoms. The van der Waals surface area contributed by atoms with E-state index in [1.165, 1.54) is 16.9 Å². The Labute approximate surface area is 215 Å². The van der Waals surface area contributed by atoms with Crippen molar-refractivity contribution in [3.63, 3.8) is 0 Å². The van der Waals surface area contributed by atoms with E-state index in [0.29, 0.717) is 31.1 Å². The number of halogens is 3. The number of nitrogens with zero attached hydrogens (tertiary/aromatic N) is 3. The number of rotatable bonds is 11. The number of alkyl halides is 2.